The van der Waals surface area contributed by atoms with Gasteiger partial charge in [0.15, 0.2) is 11.5 Å². The Balaban J connectivity index is 1.90. The number of benzene rings is 2. The summed E-state index contributed by atoms with van der Waals surface area (Å²) >= 11 is 7.32. The van der Waals surface area contributed by atoms with Crippen molar-refractivity contribution in [2.75, 3.05) is 26.6 Å². The van der Waals surface area contributed by atoms with Crippen molar-refractivity contribution in [2.24, 2.45) is 0 Å². The Labute approximate surface area is 189 Å². The smallest absolute Gasteiger partial charge is 0.341 e. The lowest BCUT2D eigenvalue weighted by Crippen LogP contribution is -2.16. The molecular weight excluding hydrogens is 438 g/mol. The predicted octanol–water partition coefficient (Wildman–Crippen LogP) is 5.36. The third kappa shape index (κ3) is 5.00. The number of methoxy groups -OCH3 is 3. The topological polar surface area (TPSA) is 73.9 Å². The first-order valence-electron chi connectivity index (χ1n) is 9.36. The van der Waals surface area contributed by atoms with Crippen molar-refractivity contribution >= 4 is 39.8 Å². The minimum absolute atomic E-state index is 0.105. The third-order valence-electron chi connectivity index (χ3n) is 4.67. The van der Waals surface area contributed by atoms with E-state index in [1.54, 1.807) is 37.4 Å². The summed E-state index contributed by atoms with van der Waals surface area (Å²) in [4.78, 5) is 26.2. The molecule has 1 heterocycles. The highest BCUT2D eigenvalue weighted by atomic mass is 35.5. The van der Waals surface area contributed by atoms with Crippen LogP contribution in [0.4, 0.5) is 5.00 Å². The van der Waals surface area contributed by atoms with Crippen molar-refractivity contribution in [2.45, 2.75) is 13.3 Å². The number of ether oxygens (including phenoxy) is 3. The van der Waals surface area contributed by atoms with Crippen LogP contribution in [0.25, 0.3) is 11.1 Å². The number of rotatable bonds is 7. The molecule has 1 amide bonds. The van der Waals surface area contributed by atoms with Gasteiger partial charge >= 0.3 is 5.97 Å². The van der Waals surface area contributed by atoms with E-state index in [0.717, 1.165) is 21.6 Å². The van der Waals surface area contributed by atoms with Crippen molar-refractivity contribution in [3.63, 3.8) is 0 Å². The number of esters is 1. The molecule has 0 spiro atoms. The second kappa shape index (κ2) is 9.85. The molecule has 0 radical (unpaired) electrons. The second-order valence-electron chi connectivity index (χ2n) is 6.65. The van der Waals surface area contributed by atoms with Gasteiger partial charge in [0.05, 0.1) is 27.8 Å². The zero-order valence-corrected chi connectivity index (χ0v) is 19.1. The first-order chi connectivity index (χ1) is 14.9. The normalized spacial score (nSPS) is 10.5. The Morgan fingerprint density at radius 1 is 1.00 bits per heavy atom. The van der Waals surface area contributed by atoms with Crippen LogP contribution < -0.4 is 14.8 Å². The van der Waals surface area contributed by atoms with Crippen LogP contribution in [0, 0.1) is 6.92 Å². The van der Waals surface area contributed by atoms with E-state index >= 15 is 0 Å². The number of carbonyl (C=O) groups is 2. The van der Waals surface area contributed by atoms with E-state index in [1.165, 1.54) is 25.6 Å². The Kier molecular flexibility index (Phi) is 7.20. The summed E-state index contributed by atoms with van der Waals surface area (Å²) < 4.78 is 15.5. The monoisotopic (exact) mass is 459 g/mol. The second-order valence-corrected chi connectivity index (χ2v) is 8.31. The van der Waals surface area contributed by atoms with Crippen LogP contribution in [0.5, 0.6) is 11.5 Å². The van der Waals surface area contributed by atoms with E-state index in [9.17, 15) is 9.59 Å². The molecule has 8 heteroatoms. The minimum atomic E-state index is -0.518. The molecule has 6 nitrogen and oxygen atoms in total. The maximum absolute atomic E-state index is 12.8. The number of nitrogens with one attached hydrogen (secondary N) is 1. The number of thiophene rings is 1. The van der Waals surface area contributed by atoms with Gasteiger partial charge in [0.1, 0.15) is 10.6 Å². The summed E-state index contributed by atoms with van der Waals surface area (Å²) in [6.07, 6.45) is 0.105. The van der Waals surface area contributed by atoms with Crippen LogP contribution in [0.15, 0.2) is 42.5 Å². The predicted molar refractivity (Wildman–Crippen MR) is 123 cm³/mol. The summed E-state index contributed by atoms with van der Waals surface area (Å²) in [5.41, 5.74) is 2.61. The molecule has 2 aromatic carbocycles. The van der Waals surface area contributed by atoms with Gasteiger partial charge in [-0.15, -0.1) is 11.3 Å². The fraction of sp³-hybridized carbons (Fsp3) is 0.217. The number of hydrogen-bond acceptors (Lipinski definition) is 6. The van der Waals surface area contributed by atoms with Crippen LogP contribution in [0.1, 0.15) is 20.8 Å². The highest BCUT2D eigenvalue weighted by Gasteiger charge is 2.25. The van der Waals surface area contributed by atoms with Gasteiger partial charge in [-0.2, -0.15) is 0 Å². The number of anilines is 1. The van der Waals surface area contributed by atoms with Gasteiger partial charge in [0.25, 0.3) is 0 Å². The molecule has 0 aliphatic rings. The molecule has 0 bridgehead atoms. The van der Waals surface area contributed by atoms with Crippen molar-refractivity contribution in [1.29, 1.82) is 0 Å². The van der Waals surface area contributed by atoms with Gasteiger partial charge in [-0.1, -0.05) is 29.8 Å². The Hall–Kier alpha value is -3.03. The lowest BCUT2D eigenvalue weighted by atomic mass is 10.0. The van der Waals surface area contributed by atoms with Gasteiger partial charge in [-0.05, 0) is 42.3 Å². The van der Waals surface area contributed by atoms with Gasteiger partial charge in [0.2, 0.25) is 5.91 Å². The van der Waals surface area contributed by atoms with Crippen molar-refractivity contribution in [1.82, 2.24) is 0 Å². The molecule has 0 fully saturated rings. The minimum Gasteiger partial charge on any atom is -0.493 e. The van der Waals surface area contributed by atoms with Crippen molar-refractivity contribution in [3.8, 4) is 22.6 Å². The molecule has 0 atom stereocenters. The van der Waals surface area contributed by atoms with Crippen molar-refractivity contribution in [3.05, 3.63) is 63.5 Å². The molecule has 0 unspecified atom stereocenters. The van der Waals surface area contributed by atoms with Gasteiger partial charge in [-0.3, -0.25) is 4.79 Å². The van der Waals surface area contributed by atoms with E-state index in [4.69, 9.17) is 25.8 Å². The average Bonchev–Trinajstić information content (AvgIpc) is 3.08. The summed E-state index contributed by atoms with van der Waals surface area (Å²) in [6.45, 7) is 1.89. The molecule has 1 aromatic heterocycles. The molecule has 3 rings (SSSR count). The first kappa shape index (κ1) is 22.7. The summed E-state index contributed by atoms with van der Waals surface area (Å²) in [6, 6.07) is 12.5. The summed E-state index contributed by atoms with van der Waals surface area (Å²) in [5.74, 6) is 0.346. The molecule has 0 aliphatic carbocycles. The van der Waals surface area contributed by atoms with Gasteiger partial charge < -0.3 is 19.5 Å². The SMILES string of the molecule is COC(=O)c1c(NC(=O)Cc2ccc(OC)c(OC)c2)sc(C)c1-c1ccc(Cl)cc1. The maximum atomic E-state index is 12.8. The van der Waals surface area contributed by atoms with E-state index in [0.29, 0.717) is 27.1 Å². The lowest BCUT2D eigenvalue weighted by Gasteiger charge is -2.10. The molecular formula is C23H22ClNO5S. The van der Waals surface area contributed by atoms with Crippen LogP contribution in [0.2, 0.25) is 5.02 Å². The number of hydrogen-bond donors (Lipinski definition) is 1. The number of aryl methyl sites for hydroxylation is 1. The molecule has 31 heavy (non-hydrogen) atoms. The van der Waals surface area contributed by atoms with Crippen molar-refractivity contribution < 1.29 is 23.8 Å². The quantitative estimate of drug-likeness (QED) is 0.481. The van der Waals surface area contributed by atoms with Crippen LogP contribution >= 0.6 is 22.9 Å². The van der Waals surface area contributed by atoms with Crippen LogP contribution in [-0.4, -0.2) is 33.2 Å². The summed E-state index contributed by atoms with van der Waals surface area (Å²) in [7, 11) is 4.41. The van der Waals surface area contributed by atoms with E-state index in [2.05, 4.69) is 5.32 Å². The molecule has 0 saturated heterocycles. The van der Waals surface area contributed by atoms with Crippen LogP contribution in [-0.2, 0) is 16.0 Å². The highest BCUT2D eigenvalue weighted by Crippen LogP contribution is 2.40. The van der Waals surface area contributed by atoms with E-state index in [-0.39, 0.29) is 12.3 Å². The van der Waals surface area contributed by atoms with Gasteiger partial charge in [-0.25, -0.2) is 4.79 Å². The maximum Gasteiger partial charge on any atom is 0.341 e. The lowest BCUT2D eigenvalue weighted by molar-refractivity contribution is -0.115. The molecule has 0 saturated carbocycles. The summed E-state index contributed by atoms with van der Waals surface area (Å²) in [5, 5.41) is 3.90. The molecule has 3 aromatic rings. The molecule has 1 N–H and O–H groups in total. The number of carbonyl (C=O) groups excluding carboxylic acids is 2. The fourth-order valence-corrected chi connectivity index (χ4v) is 4.45. The largest absolute Gasteiger partial charge is 0.493 e. The fourth-order valence-electron chi connectivity index (χ4n) is 3.24. The zero-order chi connectivity index (χ0) is 22.5. The Bertz CT molecular complexity index is 1110. The Morgan fingerprint density at radius 2 is 1.68 bits per heavy atom. The zero-order valence-electron chi connectivity index (χ0n) is 17.6. The first-order valence-corrected chi connectivity index (χ1v) is 10.6. The van der Waals surface area contributed by atoms with Crippen LogP contribution in [0.3, 0.4) is 0 Å². The standard InChI is InChI=1S/C23H22ClNO5S/c1-13-20(15-6-8-16(24)9-7-15)21(23(27)30-4)22(31-13)25-19(26)12-14-5-10-17(28-2)18(11-14)29-3/h5-11H,12H2,1-4H3,(H,25,26). The molecule has 162 valence electrons. The third-order valence-corrected chi connectivity index (χ3v) is 5.94. The Morgan fingerprint density at radius 3 is 2.29 bits per heavy atom. The average molecular weight is 460 g/mol. The number of halogens is 1. The van der Waals surface area contributed by atoms with E-state index < -0.39 is 5.97 Å². The number of amides is 1. The highest BCUT2D eigenvalue weighted by molar-refractivity contribution is 7.17. The van der Waals surface area contributed by atoms with E-state index in [1.807, 2.05) is 19.1 Å². The van der Waals surface area contributed by atoms with Gasteiger partial charge in [0, 0.05) is 15.5 Å². The molecule has 0 aliphatic heterocycles.